The van der Waals surface area contributed by atoms with Crippen LogP contribution in [0.5, 0.6) is 0 Å². The summed E-state index contributed by atoms with van der Waals surface area (Å²) in [6.07, 6.45) is -4.43. The zero-order valence-corrected chi connectivity index (χ0v) is 10.1. The normalized spacial score (nSPS) is 14.0. The fourth-order valence-corrected chi connectivity index (χ4v) is 1.89. The largest absolute Gasteiger partial charge is 0.416 e. The number of rotatable bonds is 0. The van der Waals surface area contributed by atoms with Crippen LogP contribution in [0.25, 0.3) is 0 Å². The molecule has 1 aliphatic rings. The van der Waals surface area contributed by atoms with Crippen LogP contribution in [-0.4, -0.2) is 19.0 Å². The molecule has 1 aromatic rings. The van der Waals surface area contributed by atoms with Gasteiger partial charge < -0.3 is 5.32 Å². The number of halogens is 3. The molecule has 0 saturated carbocycles. The second-order valence-electron chi connectivity index (χ2n) is 3.99. The summed E-state index contributed by atoms with van der Waals surface area (Å²) in [7, 11) is 0. The van der Waals surface area contributed by atoms with E-state index in [0.717, 1.165) is 12.1 Å². The lowest BCUT2D eigenvalue weighted by Gasteiger charge is -2.29. The van der Waals surface area contributed by atoms with Crippen LogP contribution in [0.4, 0.5) is 24.5 Å². The van der Waals surface area contributed by atoms with Crippen LogP contribution in [0.15, 0.2) is 18.2 Å². The third-order valence-electron chi connectivity index (χ3n) is 2.74. The van der Waals surface area contributed by atoms with Crippen molar-refractivity contribution in [2.75, 3.05) is 23.3 Å². The maximum Gasteiger partial charge on any atom is 0.416 e. The van der Waals surface area contributed by atoms with E-state index < -0.39 is 17.6 Å². The van der Waals surface area contributed by atoms with E-state index in [-0.39, 0.29) is 5.69 Å². The van der Waals surface area contributed by atoms with E-state index in [9.17, 15) is 18.0 Å². The van der Waals surface area contributed by atoms with E-state index in [1.165, 1.54) is 17.9 Å². The number of benzene rings is 1. The lowest BCUT2D eigenvalue weighted by atomic mass is 10.1. The molecular weight excluding hydrogens is 257 g/mol. The predicted octanol–water partition coefficient (Wildman–Crippen LogP) is 2.49. The number of hydrogen-bond donors (Lipinski definition) is 1. The number of nitrogens with one attached hydrogen (secondary N) is 1. The molecule has 1 aliphatic heterocycles. The summed E-state index contributed by atoms with van der Waals surface area (Å²) >= 11 is 0. The maximum atomic E-state index is 12.7. The fraction of sp³-hybridized carbons (Fsp3) is 0.308. The molecular formula is C13H11F3N2O. The van der Waals surface area contributed by atoms with Crippen LogP contribution in [0.3, 0.4) is 0 Å². The van der Waals surface area contributed by atoms with Crippen molar-refractivity contribution < 1.29 is 18.0 Å². The highest BCUT2D eigenvalue weighted by molar-refractivity contribution is 6.08. The first-order valence-corrected chi connectivity index (χ1v) is 5.63. The van der Waals surface area contributed by atoms with Crippen molar-refractivity contribution in [3.63, 3.8) is 0 Å². The summed E-state index contributed by atoms with van der Waals surface area (Å²) in [5, 5.41) is 2.96. The molecule has 0 aliphatic carbocycles. The molecule has 0 fully saturated rings. The van der Waals surface area contributed by atoms with Crippen molar-refractivity contribution in [3.05, 3.63) is 23.8 Å². The van der Waals surface area contributed by atoms with E-state index in [1.807, 2.05) is 0 Å². The Morgan fingerprint density at radius 1 is 1.42 bits per heavy atom. The Morgan fingerprint density at radius 3 is 2.79 bits per heavy atom. The molecule has 1 amide bonds. The summed E-state index contributed by atoms with van der Waals surface area (Å²) in [6.45, 7) is 2.28. The molecule has 1 aromatic carbocycles. The van der Waals surface area contributed by atoms with E-state index in [1.54, 1.807) is 0 Å². The monoisotopic (exact) mass is 268 g/mol. The van der Waals surface area contributed by atoms with Gasteiger partial charge in [-0.05, 0) is 31.0 Å². The minimum absolute atomic E-state index is 0.217. The number of carbonyl (C=O) groups is 1. The highest BCUT2D eigenvalue weighted by Gasteiger charge is 2.32. The molecule has 1 N–H and O–H groups in total. The Morgan fingerprint density at radius 2 is 2.16 bits per heavy atom. The van der Waals surface area contributed by atoms with Crippen molar-refractivity contribution in [1.82, 2.24) is 0 Å². The van der Waals surface area contributed by atoms with Gasteiger partial charge in [-0.1, -0.05) is 5.92 Å². The van der Waals surface area contributed by atoms with Crippen LogP contribution in [0.2, 0.25) is 0 Å². The lowest BCUT2D eigenvalue weighted by Crippen LogP contribution is -2.38. The highest BCUT2D eigenvalue weighted by atomic mass is 19.4. The summed E-state index contributed by atoms with van der Waals surface area (Å²) in [6, 6.07) is 3.29. The number of hydrogen-bond acceptors (Lipinski definition) is 2. The smallest absolute Gasteiger partial charge is 0.382 e. The van der Waals surface area contributed by atoms with Gasteiger partial charge in [0.2, 0.25) is 0 Å². The molecule has 1 heterocycles. The van der Waals surface area contributed by atoms with Gasteiger partial charge in [-0.3, -0.25) is 9.69 Å². The fourth-order valence-electron chi connectivity index (χ4n) is 1.89. The Balaban J connectivity index is 2.46. The Bertz CT molecular complexity index is 569. The number of carbonyl (C=O) groups excluding carboxylic acids is 1. The summed E-state index contributed by atoms with van der Waals surface area (Å²) in [5.41, 5.74) is -0.0588. The van der Waals surface area contributed by atoms with E-state index >= 15 is 0 Å². The predicted molar refractivity (Wildman–Crippen MR) is 65.7 cm³/mol. The standard InChI is InChI=1S/C13H11F3N2O/c1-2-3-12(19)18-7-6-17-10-5-4-9(8-11(10)18)13(14,15)16/h4-5,8,17H,6-7H2,1H3. The first-order valence-electron chi connectivity index (χ1n) is 5.63. The van der Waals surface area contributed by atoms with Crippen molar-refractivity contribution >= 4 is 17.3 Å². The number of fused-ring (bicyclic) bond motifs is 1. The number of alkyl halides is 3. The lowest BCUT2D eigenvalue weighted by molar-refractivity contribution is -0.137. The van der Waals surface area contributed by atoms with Crippen LogP contribution < -0.4 is 10.2 Å². The zero-order chi connectivity index (χ0) is 14.0. The van der Waals surface area contributed by atoms with Gasteiger partial charge >= 0.3 is 12.1 Å². The first kappa shape index (κ1) is 13.3. The van der Waals surface area contributed by atoms with Gasteiger partial charge in [0.1, 0.15) is 0 Å². The van der Waals surface area contributed by atoms with Crippen LogP contribution in [-0.2, 0) is 11.0 Å². The van der Waals surface area contributed by atoms with Gasteiger partial charge in [0.05, 0.1) is 16.9 Å². The molecule has 6 heteroatoms. The molecule has 0 bridgehead atoms. The molecule has 19 heavy (non-hydrogen) atoms. The average Bonchev–Trinajstić information content (AvgIpc) is 2.36. The summed E-state index contributed by atoms with van der Waals surface area (Å²) in [5.74, 6) is 4.30. The SMILES string of the molecule is CC#CC(=O)N1CCNc2ccc(C(F)(F)F)cc21. The van der Waals surface area contributed by atoms with Gasteiger partial charge in [-0.2, -0.15) is 13.2 Å². The Labute approximate surface area is 108 Å². The van der Waals surface area contributed by atoms with Gasteiger partial charge in [0.15, 0.2) is 0 Å². The Hall–Kier alpha value is -2.16. The molecule has 0 aromatic heterocycles. The van der Waals surface area contributed by atoms with Crippen LogP contribution >= 0.6 is 0 Å². The van der Waals surface area contributed by atoms with Gasteiger partial charge in [0, 0.05) is 13.1 Å². The minimum atomic E-state index is -4.43. The molecule has 100 valence electrons. The Kier molecular flexibility index (Phi) is 3.38. The first-order chi connectivity index (χ1) is 8.93. The van der Waals surface area contributed by atoms with Gasteiger partial charge in [0.25, 0.3) is 0 Å². The van der Waals surface area contributed by atoms with Crippen LogP contribution in [0.1, 0.15) is 12.5 Å². The third-order valence-corrected chi connectivity index (χ3v) is 2.74. The average molecular weight is 268 g/mol. The summed E-state index contributed by atoms with van der Waals surface area (Å²) < 4.78 is 38.0. The maximum absolute atomic E-state index is 12.7. The topological polar surface area (TPSA) is 32.3 Å². The molecule has 3 nitrogen and oxygen atoms in total. The number of anilines is 2. The highest BCUT2D eigenvalue weighted by Crippen LogP contribution is 2.36. The van der Waals surface area contributed by atoms with E-state index in [0.29, 0.717) is 18.8 Å². The van der Waals surface area contributed by atoms with Crippen molar-refractivity contribution in [2.45, 2.75) is 13.1 Å². The molecule has 0 unspecified atom stereocenters. The van der Waals surface area contributed by atoms with Crippen LogP contribution in [0, 0.1) is 11.8 Å². The van der Waals surface area contributed by atoms with Gasteiger partial charge in [-0.15, -0.1) is 0 Å². The molecule has 0 atom stereocenters. The summed E-state index contributed by atoms with van der Waals surface area (Å²) in [4.78, 5) is 13.0. The minimum Gasteiger partial charge on any atom is -0.382 e. The van der Waals surface area contributed by atoms with E-state index in [4.69, 9.17) is 0 Å². The molecule has 0 saturated heterocycles. The van der Waals surface area contributed by atoms with E-state index in [2.05, 4.69) is 17.2 Å². The van der Waals surface area contributed by atoms with Gasteiger partial charge in [-0.25, -0.2) is 0 Å². The second-order valence-corrected chi connectivity index (χ2v) is 3.99. The number of nitrogens with zero attached hydrogens (tertiary/aromatic N) is 1. The quantitative estimate of drug-likeness (QED) is 0.733. The van der Waals surface area contributed by atoms with Crippen molar-refractivity contribution in [2.24, 2.45) is 0 Å². The third kappa shape index (κ3) is 2.65. The molecule has 0 spiro atoms. The number of amides is 1. The van der Waals surface area contributed by atoms with Crippen molar-refractivity contribution in [1.29, 1.82) is 0 Å². The zero-order valence-electron chi connectivity index (χ0n) is 10.1. The molecule has 0 radical (unpaired) electrons. The van der Waals surface area contributed by atoms with Crippen molar-refractivity contribution in [3.8, 4) is 11.8 Å². The molecule has 2 rings (SSSR count). The second kappa shape index (κ2) is 4.84.